The molecule has 0 aliphatic rings. The van der Waals surface area contributed by atoms with Crippen LogP contribution in [0.2, 0.25) is 5.02 Å². The summed E-state index contributed by atoms with van der Waals surface area (Å²) in [7, 11) is 4.40. The van der Waals surface area contributed by atoms with Gasteiger partial charge in [-0.1, -0.05) is 22.8 Å². The van der Waals surface area contributed by atoms with Gasteiger partial charge in [0.15, 0.2) is 6.04 Å². The minimum Gasteiger partial charge on any atom is -0.497 e. The van der Waals surface area contributed by atoms with Gasteiger partial charge in [0.2, 0.25) is 0 Å². The lowest BCUT2D eigenvalue weighted by Gasteiger charge is -2.21. The van der Waals surface area contributed by atoms with Crippen molar-refractivity contribution in [3.63, 3.8) is 0 Å². The predicted molar refractivity (Wildman–Crippen MR) is 118 cm³/mol. The van der Waals surface area contributed by atoms with E-state index in [-0.39, 0.29) is 0 Å². The van der Waals surface area contributed by atoms with Crippen LogP contribution in [0.4, 0.5) is 5.69 Å². The minimum absolute atomic E-state index is 0.405. The fourth-order valence-corrected chi connectivity index (χ4v) is 2.78. The number of nitrogens with one attached hydrogen (secondary N) is 1. The molecule has 1 atom stereocenters. The molecule has 162 valence electrons. The zero-order chi connectivity index (χ0) is 22.3. The van der Waals surface area contributed by atoms with E-state index in [0.29, 0.717) is 27.8 Å². The maximum atomic E-state index is 12.5. The summed E-state index contributed by atoms with van der Waals surface area (Å²) in [4.78, 5) is 17.9. The molecule has 1 N–H and O–H groups in total. The van der Waals surface area contributed by atoms with Gasteiger partial charge in [-0.15, -0.1) is 0 Å². The summed E-state index contributed by atoms with van der Waals surface area (Å²) >= 11 is 6.06. The van der Waals surface area contributed by atoms with Crippen molar-refractivity contribution < 1.29 is 23.8 Å². The van der Waals surface area contributed by atoms with Gasteiger partial charge in [-0.25, -0.2) is 4.79 Å². The number of methoxy groups -OCH3 is 3. The molecule has 0 heterocycles. The van der Waals surface area contributed by atoms with Crippen molar-refractivity contribution in [3.05, 3.63) is 52.5 Å². The van der Waals surface area contributed by atoms with E-state index in [4.69, 9.17) is 30.6 Å². The Hall–Kier alpha value is -2.93. The number of nitrogens with zero attached hydrogens (tertiary/aromatic N) is 1. The molecule has 0 bridgehead atoms. The number of carbonyl (C=O) groups is 1. The molecule has 2 aromatic carbocycles. The number of halogens is 1. The Bertz CT molecular complexity index is 909. The smallest absolute Gasteiger partial charge is 0.333 e. The molecule has 0 radical (unpaired) electrons. The zero-order valence-electron chi connectivity index (χ0n) is 18.0. The van der Waals surface area contributed by atoms with Crippen LogP contribution < -0.4 is 14.8 Å². The molecule has 1 unspecified atom stereocenters. The number of hydrogen-bond acceptors (Lipinski definition) is 7. The van der Waals surface area contributed by atoms with Crippen LogP contribution in [-0.4, -0.2) is 39.1 Å². The molecule has 0 aliphatic heterocycles. The van der Waals surface area contributed by atoms with E-state index in [1.165, 1.54) is 14.2 Å². The summed E-state index contributed by atoms with van der Waals surface area (Å²) in [6.45, 7) is 5.72. The van der Waals surface area contributed by atoms with Crippen LogP contribution in [0.25, 0.3) is 0 Å². The Balaban J connectivity index is 2.40. The maximum Gasteiger partial charge on any atom is 0.333 e. The topological polar surface area (TPSA) is 78.4 Å². The van der Waals surface area contributed by atoms with Crippen LogP contribution in [0.1, 0.15) is 37.9 Å². The van der Waals surface area contributed by atoms with E-state index in [1.807, 2.05) is 26.8 Å². The van der Waals surface area contributed by atoms with Crippen LogP contribution in [0.3, 0.4) is 0 Å². The average Bonchev–Trinajstić information content (AvgIpc) is 2.70. The Labute approximate surface area is 181 Å². The second kappa shape index (κ2) is 10.2. The van der Waals surface area contributed by atoms with Gasteiger partial charge in [0.1, 0.15) is 17.1 Å². The van der Waals surface area contributed by atoms with E-state index in [0.717, 1.165) is 5.56 Å². The Morgan fingerprint density at radius 1 is 1.10 bits per heavy atom. The Morgan fingerprint density at radius 2 is 1.83 bits per heavy atom. The molecule has 0 fully saturated rings. The van der Waals surface area contributed by atoms with Crippen LogP contribution >= 0.6 is 11.6 Å². The van der Waals surface area contributed by atoms with Crippen molar-refractivity contribution >= 4 is 29.5 Å². The lowest BCUT2D eigenvalue weighted by atomic mass is 10.0. The fourth-order valence-electron chi connectivity index (χ4n) is 2.61. The highest BCUT2D eigenvalue weighted by Crippen LogP contribution is 2.32. The fraction of sp³-hybridized carbons (Fsp3) is 0.364. The van der Waals surface area contributed by atoms with Crippen molar-refractivity contribution in [2.75, 3.05) is 26.6 Å². The SMILES string of the molecule is COC(=O)C(Nc1cc(/C=N/OC(C)(C)C)cc(OC)c1)c1ccc(Cl)cc1OC. The standard InChI is InChI=1S/C22H27ClN2O5/c1-22(2,3)30-24-13-14-9-16(12-17(10-14)27-4)25-20(21(26)29-6)18-8-7-15(23)11-19(18)28-5/h7-13,20,25H,1-6H3/b24-13+. The first-order chi connectivity index (χ1) is 14.2. The van der Waals surface area contributed by atoms with Crippen molar-refractivity contribution in [2.45, 2.75) is 32.4 Å². The predicted octanol–water partition coefficient (Wildman–Crippen LogP) is 4.83. The normalized spacial score (nSPS) is 12.4. The Kier molecular flexibility index (Phi) is 7.94. The first kappa shape index (κ1) is 23.3. The van der Waals surface area contributed by atoms with Crippen molar-refractivity contribution in [2.24, 2.45) is 5.16 Å². The molecule has 7 nitrogen and oxygen atoms in total. The third kappa shape index (κ3) is 6.56. The second-order valence-electron chi connectivity index (χ2n) is 7.42. The van der Waals surface area contributed by atoms with Crippen molar-refractivity contribution in [1.82, 2.24) is 0 Å². The summed E-state index contributed by atoms with van der Waals surface area (Å²) in [5.74, 6) is 0.572. The van der Waals surface area contributed by atoms with Gasteiger partial charge in [-0.3, -0.25) is 0 Å². The number of anilines is 1. The molecular formula is C22H27ClN2O5. The lowest BCUT2D eigenvalue weighted by molar-refractivity contribution is -0.141. The number of ether oxygens (including phenoxy) is 3. The highest BCUT2D eigenvalue weighted by molar-refractivity contribution is 6.30. The van der Waals surface area contributed by atoms with Crippen molar-refractivity contribution in [3.8, 4) is 11.5 Å². The van der Waals surface area contributed by atoms with Crippen LogP contribution in [-0.2, 0) is 14.4 Å². The van der Waals surface area contributed by atoms with Crippen LogP contribution in [0.5, 0.6) is 11.5 Å². The maximum absolute atomic E-state index is 12.5. The largest absolute Gasteiger partial charge is 0.497 e. The minimum atomic E-state index is -0.829. The van der Waals surface area contributed by atoms with Gasteiger partial charge in [-0.05, 0) is 45.0 Å². The Morgan fingerprint density at radius 3 is 2.43 bits per heavy atom. The van der Waals surface area contributed by atoms with Gasteiger partial charge in [0, 0.05) is 27.9 Å². The molecule has 0 aromatic heterocycles. The van der Waals surface area contributed by atoms with Gasteiger partial charge in [0.25, 0.3) is 0 Å². The first-order valence-electron chi connectivity index (χ1n) is 9.25. The third-order valence-electron chi connectivity index (χ3n) is 3.95. The quantitative estimate of drug-likeness (QED) is 0.364. The number of esters is 1. The molecule has 2 aromatic rings. The summed E-state index contributed by atoms with van der Waals surface area (Å²) in [5.41, 5.74) is 1.53. The van der Waals surface area contributed by atoms with Gasteiger partial charge < -0.3 is 24.4 Å². The molecule has 30 heavy (non-hydrogen) atoms. The summed E-state index contributed by atoms with van der Waals surface area (Å²) in [5, 5.41) is 7.70. The second-order valence-corrected chi connectivity index (χ2v) is 7.86. The highest BCUT2D eigenvalue weighted by atomic mass is 35.5. The number of benzene rings is 2. The van der Waals surface area contributed by atoms with Gasteiger partial charge in [0.05, 0.1) is 27.5 Å². The van der Waals surface area contributed by atoms with E-state index in [1.54, 1.807) is 43.7 Å². The van der Waals surface area contributed by atoms with Gasteiger partial charge in [-0.2, -0.15) is 0 Å². The lowest BCUT2D eigenvalue weighted by Crippen LogP contribution is -2.23. The van der Waals surface area contributed by atoms with E-state index >= 15 is 0 Å². The van der Waals surface area contributed by atoms with E-state index in [9.17, 15) is 4.79 Å². The summed E-state index contributed by atoms with van der Waals surface area (Å²) in [6.07, 6.45) is 1.58. The van der Waals surface area contributed by atoms with Gasteiger partial charge >= 0.3 is 5.97 Å². The molecule has 8 heteroatoms. The third-order valence-corrected chi connectivity index (χ3v) is 4.18. The first-order valence-corrected chi connectivity index (χ1v) is 9.63. The number of hydrogen-bond donors (Lipinski definition) is 1. The molecule has 2 rings (SSSR count). The molecule has 0 aliphatic carbocycles. The van der Waals surface area contributed by atoms with Crippen LogP contribution in [0, 0.1) is 0 Å². The molecular weight excluding hydrogens is 408 g/mol. The van der Waals surface area contributed by atoms with E-state index < -0.39 is 17.6 Å². The molecule has 0 saturated carbocycles. The monoisotopic (exact) mass is 434 g/mol. The number of oxime groups is 1. The highest BCUT2D eigenvalue weighted by Gasteiger charge is 2.25. The summed E-state index contributed by atoms with van der Waals surface area (Å²) in [6, 6.07) is 9.60. The van der Waals surface area contributed by atoms with Crippen molar-refractivity contribution in [1.29, 1.82) is 0 Å². The number of rotatable bonds is 8. The number of carbonyl (C=O) groups excluding carboxylic acids is 1. The average molecular weight is 435 g/mol. The molecule has 0 spiro atoms. The molecule has 0 amide bonds. The van der Waals surface area contributed by atoms with Crippen LogP contribution in [0.15, 0.2) is 41.6 Å². The summed E-state index contributed by atoms with van der Waals surface area (Å²) < 4.78 is 15.8. The molecule has 0 saturated heterocycles. The van der Waals surface area contributed by atoms with E-state index in [2.05, 4.69) is 10.5 Å². The zero-order valence-corrected chi connectivity index (χ0v) is 18.7.